The van der Waals surface area contributed by atoms with Crippen LogP contribution in [0.15, 0.2) is 91.1 Å². The lowest BCUT2D eigenvalue weighted by Gasteiger charge is -2.07. The summed E-state index contributed by atoms with van der Waals surface area (Å²) in [6.07, 6.45) is 1.99. The maximum atomic E-state index is 12.6. The van der Waals surface area contributed by atoms with E-state index in [1.165, 1.54) is 5.56 Å². The van der Waals surface area contributed by atoms with E-state index in [0.717, 1.165) is 16.8 Å². The molecule has 1 aromatic heterocycles. The average molecular weight is 402 g/mol. The second kappa shape index (κ2) is 8.76. The van der Waals surface area contributed by atoms with Crippen LogP contribution in [0.25, 0.3) is 11.3 Å². The molecular formula is C24H20ClN3O. The van der Waals surface area contributed by atoms with Crippen molar-refractivity contribution in [3.8, 4) is 11.3 Å². The normalized spacial score (nSPS) is 10.7. The van der Waals surface area contributed by atoms with Crippen molar-refractivity contribution in [3.05, 3.63) is 113 Å². The van der Waals surface area contributed by atoms with Gasteiger partial charge in [-0.25, -0.2) is 0 Å². The minimum atomic E-state index is -0.203. The highest BCUT2D eigenvalue weighted by Gasteiger charge is 2.14. The van der Waals surface area contributed by atoms with Crippen molar-refractivity contribution in [2.75, 3.05) is 0 Å². The molecule has 29 heavy (non-hydrogen) atoms. The quantitative estimate of drug-likeness (QED) is 0.483. The molecule has 4 rings (SSSR count). The standard InChI is InChI=1S/C24H20ClN3O/c25-22-14-8-7-13-21(22)24(29)26-15-20-17-28(16-18-9-3-1-4-10-18)27-23(20)19-11-5-2-6-12-19/h1-14,17H,15-16H2,(H,26,29). The van der Waals surface area contributed by atoms with Gasteiger partial charge in [-0.3, -0.25) is 9.48 Å². The molecule has 1 heterocycles. The Morgan fingerprint density at radius 2 is 1.55 bits per heavy atom. The predicted molar refractivity (Wildman–Crippen MR) is 116 cm³/mol. The number of aromatic nitrogens is 2. The van der Waals surface area contributed by atoms with Crippen molar-refractivity contribution >= 4 is 17.5 Å². The number of hydrogen-bond acceptors (Lipinski definition) is 2. The van der Waals surface area contributed by atoms with Crippen LogP contribution < -0.4 is 5.32 Å². The SMILES string of the molecule is O=C(NCc1cn(Cc2ccccc2)nc1-c1ccccc1)c1ccccc1Cl. The first-order valence-electron chi connectivity index (χ1n) is 9.39. The van der Waals surface area contributed by atoms with E-state index in [9.17, 15) is 4.79 Å². The molecule has 0 unspecified atom stereocenters. The third-order valence-corrected chi connectivity index (χ3v) is 4.96. The van der Waals surface area contributed by atoms with Gasteiger partial charge in [0.2, 0.25) is 0 Å². The number of nitrogens with one attached hydrogen (secondary N) is 1. The molecular weight excluding hydrogens is 382 g/mol. The molecule has 0 aliphatic rings. The van der Waals surface area contributed by atoms with Crippen molar-refractivity contribution in [1.82, 2.24) is 15.1 Å². The summed E-state index contributed by atoms with van der Waals surface area (Å²) in [5.41, 5.74) is 4.46. The first-order valence-corrected chi connectivity index (χ1v) is 9.77. The number of benzene rings is 3. The number of amides is 1. The summed E-state index contributed by atoms with van der Waals surface area (Å²) in [6, 6.07) is 27.2. The Morgan fingerprint density at radius 3 is 2.28 bits per heavy atom. The van der Waals surface area contributed by atoms with Crippen LogP contribution in [0.5, 0.6) is 0 Å². The first kappa shape index (κ1) is 19.0. The molecule has 0 fully saturated rings. The summed E-state index contributed by atoms with van der Waals surface area (Å²) in [5, 5.41) is 8.19. The molecule has 0 aliphatic carbocycles. The van der Waals surface area contributed by atoms with Gasteiger partial charge in [0.05, 0.1) is 22.8 Å². The molecule has 1 amide bonds. The zero-order chi connectivity index (χ0) is 20.1. The number of carbonyl (C=O) groups excluding carboxylic acids is 1. The van der Waals surface area contributed by atoms with Crippen LogP contribution in [0.1, 0.15) is 21.5 Å². The van der Waals surface area contributed by atoms with E-state index in [4.69, 9.17) is 16.7 Å². The summed E-state index contributed by atoms with van der Waals surface area (Å²) < 4.78 is 1.91. The van der Waals surface area contributed by atoms with E-state index >= 15 is 0 Å². The lowest BCUT2D eigenvalue weighted by molar-refractivity contribution is 0.0951. The second-order valence-electron chi connectivity index (χ2n) is 6.71. The van der Waals surface area contributed by atoms with Crippen LogP contribution in [0, 0.1) is 0 Å². The molecule has 5 heteroatoms. The number of carbonyl (C=O) groups is 1. The Labute approximate surface area is 174 Å². The van der Waals surface area contributed by atoms with Gasteiger partial charge >= 0.3 is 0 Å². The van der Waals surface area contributed by atoms with Gasteiger partial charge in [0.15, 0.2) is 0 Å². The molecule has 0 radical (unpaired) electrons. The number of rotatable bonds is 6. The fourth-order valence-electron chi connectivity index (χ4n) is 3.20. The minimum absolute atomic E-state index is 0.203. The zero-order valence-electron chi connectivity index (χ0n) is 15.8. The van der Waals surface area contributed by atoms with Gasteiger partial charge in [0, 0.05) is 23.9 Å². The van der Waals surface area contributed by atoms with Gasteiger partial charge < -0.3 is 5.32 Å². The predicted octanol–water partition coefficient (Wildman–Crippen LogP) is 5.18. The van der Waals surface area contributed by atoms with Crippen LogP contribution in [0.3, 0.4) is 0 Å². The van der Waals surface area contributed by atoms with Crippen molar-refractivity contribution in [3.63, 3.8) is 0 Å². The topological polar surface area (TPSA) is 46.9 Å². The molecule has 1 N–H and O–H groups in total. The van der Waals surface area contributed by atoms with Crippen molar-refractivity contribution in [2.45, 2.75) is 13.1 Å². The van der Waals surface area contributed by atoms with Crippen LogP contribution >= 0.6 is 11.6 Å². The maximum Gasteiger partial charge on any atom is 0.253 e. The lowest BCUT2D eigenvalue weighted by Crippen LogP contribution is -2.23. The Balaban J connectivity index is 1.59. The molecule has 144 valence electrons. The van der Waals surface area contributed by atoms with Crippen LogP contribution in [0.2, 0.25) is 5.02 Å². The molecule has 0 spiro atoms. The summed E-state index contributed by atoms with van der Waals surface area (Å²) in [6.45, 7) is 1.03. The maximum absolute atomic E-state index is 12.6. The summed E-state index contributed by atoms with van der Waals surface area (Å²) in [4.78, 5) is 12.6. The molecule has 3 aromatic carbocycles. The number of nitrogens with zero attached hydrogens (tertiary/aromatic N) is 2. The van der Waals surface area contributed by atoms with E-state index in [-0.39, 0.29) is 5.91 Å². The average Bonchev–Trinajstić information content (AvgIpc) is 3.16. The Kier molecular flexibility index (Phi) is 5.73. The minimum Gasteiger partial charge on any atom is -0.348 e. The largest absolute Gasteiger partial charge is 0.348 e. The lowest BCUT2D eigenvalue weighted by atomic mass is 10.1. The van der Waals surface area contributed by atoms with Crippen molar-refractivity contribution in [2.24, 2.45) is 0 Å². The van der Waals surface area contributed by atoms with Crippen LogP contribution in [-0.2, 0) is 13.1 Å². The Hall–Kier alpha value is -3.37. The van der Waals surface area contributed by atoms with E-state index in [1.807, 2.05) is 59.4 Å². The van der Waals surface area contributed by atoms with Crippen molar-refractivity contribution < 1.29 is 4.79 Å². The molecule has 0 saturated heterocycles. The zero-order valence-corrected chi connectivity index (χ0v) is 16.5. The Morgan fingerprint density at radius 1 is 0.897 bits per heavy atom. The van der Waals surface area contributed by atoms with Gasteiger partial charge in [-0.15, -0.1) is 0 Å². The highest BCUT2D eigenvalue weighted by Crippen LogP contribution is 2.23. The van der Waals surface area contributed by atoms with E-state index in [0.29, 0.717) is 23.7 Å². The second-order valence-corrected chi connectivity index (χ2v) is 7.12. The number of halogens is 1. The molecule has 0 saturated carbocycles. The fraction of sp³-hybridized carbons (Fsp3) is 0.0833. The van der Waals surface area contributed by atoms with Crippen LogP contribution in [-0.4, -0.2) is 15.7 Å². The molecule has 4 nitrogen and oxygen atoms in total. The number of hydrogen-bond donors (Lipinski definition) is 1. The molecule has 0 aliphatic heterocycles. The van der Waals surface area contributed by atoms with Gasteiger partial charge in [-0.05, 0) is 17.7 Å². The molecule has 0 bridgehead atoms. The summed E-state index contributed by atoms with van der Waals surface area (Å²) in [5.74, 6) is -0.203. The smallest absolute Gasteiger partial charge is 0.253 e. The van der Waals surface area contributed by atoms with E-state index in [1.54, 1.807) is 24.3 Å². The van der Waals surface area contributed by atoms with Gasteiger partial charge in [-0.2, -0.15) is 5.10 Å². The monoisotopic (exact) mass is 401 g/mol. The summed E-state index contributed by atoms with van der Waals surface area (Å²) in [7, 11) is 0. The highest BCUT2D eigenvalue weighted by atomic mass is 35.5. The van der Waals surface area contributed by atoms with Crippen LogP contribution in [0.4, 0.5) is 0 Å². The van der Waals surface area contributed by atoms with E-state index in [2.05, 4.69) is 17.4 Å². The van der Waals surface area contributed by atoms with Gasteiger partial charge in [0.25, 0.3) is 5.91 Å². The Bertz CT molecular complexity index is 1110. The molecule has 0 atom stereocenters. The van der Waals surface area contributed by atoms with Gasteiger partial charge in [-0.1, -0.05) is 84.4 Å². The van der Waals surface area contributed by atoms with Gasteiger partial charge in [0.1, 0.15) is 0 Å². The third kappa shape index (κ3) is 4.55. The summed E-state index contributed by atoms with van der Waals surface area (Å²) >= 11 is 6.15. The third-order valence-electron chi connectivity index (χ3n) is 4.63. The highest BCUT2D eigenvalue weighted by molar-refractivity contribution is 6.33. The van der Waals surface area contributed by atoms with Crippen molar-refractivity contribution in [1.29, 1.82) is 0 Å². The van der Waals surface area contributed by atoms with E-state index < -0.39 is 0 Å². The fourth-order valence-corrected chi connectivity index (χ4v) is 3.42. The first-order chi connectivity index (χ1) is 14.2. The molecule has 4 aromatic rings.